The maximum Gasteiger partial charge on any atom is 0.251 e. The highest BCUT2D eigenvalue weighted by atomic mass is 32.1. The summed E-state index contributed by atoms with van der Waals surface area (Å²) in [7, 11) is 0. The zero-order chi connectivity index (χ0) is 16.7. The summed E-state index contributed by atoms with van der Waals surface area (Å²) in [4.78, 5) is 33.3. The number of rotatable bonds is 3. The number of hydrogen-bond donors (Lipinski definition) is 0. The highest BCUT2D eigenvalue weighted by Crippen LogP contribution is 2.41. The van der Waals surface area contributed by atoms with Gasteiger partial charge < -0.3 is 14.5 Å². The van der Waals surface area contributed by atoms with Crippen molar-refractivity contribution in [3.05, 3.63) is 16.1 Å². The number of hydrogen-bond acceptors (Lipinski definition) is 5. The van der Waals surface area contributed by atoms with Crippen molar-refractivity contribution in [1.29, 1.82) is 0 Å². The van der Waals surface area contributed by atoms with Gasteiger partial charge in [-0.25, -0.2) is 4.98 Å². The highest BCUT2D eigenvalue weighted by molar-refractivity contribution is 7.09. The minimum atomic E-state index is -0.258. The third kappa shape index (κ3) is 2.95. The average molecular weight is 349 g/mol. The van der Waals surface area contributed by atoms with E-state index in [2.05, 4.69) is 4.98 Å². The smallest absolute Gasteiger partial charge is 0.251 e. The van der Waals surface area contributed by atoms with Crippen LogP contribution in [0.4, 0.5) is 0 Å². The molecule has 0 saturated carbocycles. The summed E-state index contributed by atoms with van der Waals surface area (Å²) in [5.74, 6) is 0.303. The molecule has 1 aromatic rings. The normalized spacial score (nSPS) is 30.0. The molecule has 4 heterocycles. The zero-order valence-corrected chi connectivity index (χ0v) is 14.8. The van der Waals surface area contributed by atoms with E-state index >= 15 is 0 Å². The van der Waals surface area contributed by atoms with E-state index in [1.54, 1.807) is 11.3 Å². The second kappa shape index (κ2) is 6.11. The Kier molecular flexibility index (Phi) is 4.08. The van der Waals surface area contributed by atoms with Crippen molar-refractivity contribution in [2.24, 2.45) is 5.41 Å². The molecule has 0 unspecified atom stereocenters. The Morgan fingerprint density at radius 1 is 1.50 bits per heavy atom. The molecule has 0 bridgehead atoms. The molecule has 130 valence electrons. The Labute approximate surface area is 145 Å². The number of aromatic nitrogens is 1. The molecule has 4 rings (SSSR count). The standard InChI is InChI=1S/C17H23N3O3S/c1-12-18-13(9-24-12)8-20-11-17(7-15(20)21)4-5-19(10-17)16(22)14-3-2-6-23-14/h9,14H,2-8,10-11H2,1H3/t14-,17-/m1/s1. The van der Waals surface area contributed by atoms with Crippen molar-refractivity contribution in [1.82, 2.24) is 14.8 Å². The number of aryl methyl sites for hydroxylation is 1. The van der Waals surface area contributed by atoms with Crippen molar-refractivity contribution in [3.63, 3.8) is 0 Å². The van der Waals surface area contributed by atoms with Crippen LogP contribution in [0.5, 0.6) is 0 Å². The van der Waals surface area contributed by atoms with E-state index in [0.29, 0.717) is 26.1 Å². The first-order chi connectivity index (χ1) is 11.5. The van der Waals surface area contributed by atoms with Crippen LogP contribution in [-0.4, -0.2) is 58.9 Å². The number of amides is 2. The largest absolute Gasteiger partial charge is 0.368 e. The van der Waals surface area contributed by atoms with Crippen molar-refractivity contribution < 1.29 is 14.3 Å². The summed E-state index contributed by atoms with van der Waals surface area (Å²) in [5.41, 5.74) is 0.893. The van der Waals surface area contributed by atoms with Gasteiger partial charge in [0.05, 0.1) is 17.2 Å². The first kappa shape index (κ1) is 16.0. The zero-order valence-electron chi connectivity index (χ0n) is 14.0. The monoisotopic (exact) mass is 349 g/mol. The topological polar surface area (TPSA) is 62.7 Å². The van der Waals surface area contributed by atoms with Gasteiger partial charge in [0.2, 0.25) is 5.91 Å². The number of likely N-dealkylation sites (tertiary alicyclic amines) is 2. The molecule has 0 aromatic carbocycles. The number of thiazole rings is 1. The van der Waals surface area contributed by atoms with Crippen LogP contribution >= 0.6 is 11.3 Å². The predicted molar refractivity (Wildman–Crippen MR) is 89.5 cm³/mol. The molecule has 1 spiro atoms. The van der Waals surface area contributed by atoms with Gasteiger partial charge in [-0.1, -0.05) is 0 Å². The van der Waals surface area contributed by atoms with E-state index in [1.165, 1.54) is 0 Å². The molecule has 0 N–H and O–H groups in total. The quantitative estimate of drug-likeness (QED) is 0.831. The third-order valence-electron chi connectivity index (χ3n) is 5.38. The second-order valence-corrected chi connectivity index (χ2v) is 8.36. The fourth-order valence-electron chi connectivity index (χ4n) is 4.17. The molecule has 24 heavy (non-hydrogen) atoms. The third-order valence-corrected chi connectivity index (χ3v) is 6.20. The predicted octanol–water partition coefficient (Wildman–Crippen LogP) is 1.58. The van der Waals surface area contributed by atoms with Gasteiger partial charge in [0.25, 0.3) is 5.91 Å². The van der Waals surface area contributed by atoms with Gasteiger partial charge in [-0.2, -0.15) is 0 Å². The molecular formula is C17H23N3O3S. The first-order valence-corrected chi connectivity index (χ1v) is 9.52. The number of carbonyl (C=O) groups excluding carboxylic acids is 2. The Morgan fingerprint density at radius 3 is 3.08 bits per heavy atom. The summed E-state index contributed by atoms with van der Waals surface area (Å²) in [6.07, 6.45) is 2.99. The lowest BCUT2D eigenvalue weighted by Crippen LogP contribution is -2.39. The molecule has 7 heteroatoms. The molecule has 3 fully saturated rings. The average Bonchev–Trinajstić information content (AvgIpc) is 3.30. The van der Waals surface area contributed by atoms with Gasteiger partial charge in [-0.15, -0.1) is 11.3 Å². The van der Waals surface area contributed by atoms with Gasteiger partial charge in [0.15, 0.2) is 0 Å². The van der Waals surface area contributed by atoms with E-state index < -0.39 is 0 Å². The Morgan fingerprint density at radius 2 is 2.38 bits per heavy atom. The van der Waals surface area contributed by atoms with Gasteiger partial charge in [-0.05, 0) is 26.2 Å². The van der Waals surface area contributed by atoms with E-state index in [-0.39, 0.29) is 23.3 Å². The fourth-order valence-corrected chi connectivity index (χ4v) is 4.78. The molecular weight excluding hydrogens is 326 g/mol. The van der Waals surface area contributed by atoms with E-state index in [1.807, 2.05) is 22.1 Å². The Hall–Kier alpha value is -1.47. The van der Waals surface area contributed by atoms with Crippen LogP contribution in [0.15, 0.2) is 5.38 Å². The Bertz CT molecular complexity index is 655. The highest BCUT2D eigenvalue weighted by Gasteiger charge is 2.49. The number of ether oxygens (including phenoxy) is 1. The minimum absolute atomic E-state index is 0.0730. The molecule has 2 atom stereocenters. The molecule has 3 aliphatic rings. The fraction of sp³-hybridized carbons (Fsp3) is 0.706. The summed E-state index contributed by atoms with van der Waals surface area (Å²) in [6, 6.07) is 0. The molecule has 3 aliphatic heterocycles. The van der Waals surface area contributed by atoms with Crippen LogP contribution < -0.4 is 0 Å². The summed E-state index contributed by atoms with van der Waals surface area (Å²) in [6.45, 7) is 5.42. The molecule has 3 saturated heterocycles. The maximum absolute atomic E-state index is 12.5. The first-order valence-electron chi connectivity index (χ1n) is 8.64. The minimum Gasteiger partial charge on any atom is -0.368 e. The van der Waals surface area contributed by atoms with Crippen molar-refractivity contribution in [3.8, 4) is 0 Å². The number of carbonyl (C=O) groups is 2. The molecule has 2 amide bonds. The Balaban J connectivity index is 1.40. The van der Waals surface area contributed by atoms with E-state index in [4.69, 9.17) is 4.74 Å². The second-order valence-electron chi connectivity index (χ2n) is 7.30. The van der Waals surface area contributed by atoms with Crippen LogP contribution in [0.2, 0.25) is 0 Å². The maximum atomic E-state index is 12.5. The van der Waals surface area contributed by atoms with Crippen LogP contribution in [0.3, 0.4) is 0 Å². The molecule has 0 aliphatic carbocycles. The van der Waals surface area contributed by atoms with Crippen molar-refractivity contribution in [2.75, 3.05) is 26.2 Å². The lowest BCUT2D eigenvalue weighted by atomic mass is 9.86. The molecule has 1 aromatic heterocycles. The van der Waals surface area contributed by atoms with Crippen molar-refractivity contribution in [2.45, 2.75) is 45.3 Å². The molecule has 6 nitrogen and oxygen atoms in total. The van der Waals surface area contributed by atoms with Gasteiger partial charge in [-0.3, -0.25) is 9.59 Å². The number of nitrogens with zero attached hydrogens (tertiary/aromatic N) is 3. The summed E-state index contributed by atoms with van der Waals surface area (Å²) in [5, 5.41) is 3.05. The van der Waals surface area contributed by atoms with Crippen LogP contribution in [0.25, 0.3) is 0 Å². The van der Waals surface area contributed by atoms with Gasteiger partial charge in [0, 0.05) is 43.5 Å². The van der Waals surface area contributed by atoms with Crippen molar-refractivity contribution >= 4 is 23.2 Å². The summed E-state index contributed by atoms with van der Waals surface area (Å²) >= 11 is 1.62. The lowest BCUT2D eigenvalue weighted by molar-refractivity contribution is -0.140. The van der Waals surface area contributed by atoms with Crippen LogP contribution in [0.1, 0.15) is 36.4 Å². The lowest BCUT2D eigenvalue weighted by Gasteiger charge is -2.25. The van der Waals surface area contributed by atoms with Gasteiger partial charge in [0.1, 0.15) is 6.10 Å². The SMILES string of the molecule is Cc1nc(CN2C[C@]3(CCN(C(=O)[C@H]4CCCO4)C3)CC2=O)cs1. The van der Waals surface area contributed by atoms with E-state index in [0.717, 1.165) is 43.1 Å². The van der Waals surface area contributed by atoms with Gasteiger partial charge >= 0.3 is 0 Å². The van der Waals surface area contributed by atoms with E-state index in [9.17, 15) is 9.59 Å². The van der Waals surface area contributed by atoms with Crippen LogP contribution in [-0.2, 0) is 20.9 Å². The summed E-state index contributed by atoms with van der Waals surface area (Å²) < 4.78 is 5.53. The molecule has 0 radical (unpaired) electrons. The van der Waals surface area contributed by atoms with Crippen LogP contribution in [0, 0.1) is 12.3 Å².